The molecule has 0 bridgehead atoms. The standard InChI is InChI=1S/C16H21N5OS.HI/c1-22-14-5-3-2-4-13(14)12-19-15(17)20-7-9-21(10-8-20)16-18-6-11-23-16;/h2-6,11H,7-10,12H2,1H3,(H2,17,19);1H. The molecule has 2 heterocycles. The van der Waals surface area contributed by atoms with E-state index in [-0.39, 0.29) is 24.0 Å². The summed E-state index contributed by atoms with van der Waals surface area (Å²) in [5.74, 6) is 1.44. The van der Waals surface area contributed by atoms with E-state index in [2.05, 4.69) is 19.8 Å². The summed E-state index contributed by atoms with van der Waals surface area (Å²) in [7, 11) is 1.67. The maximum Gasteiger partial charge on any atom is 0.191 e. The van der Waals surface area contributed by atoms with Crippen molar-refractivity contribution in [1.82, 2.24) is 9.88 Å². The first kappa shape index (κ1) is 18.8. The van der Waals surface area contributed by atoms with E-state index in [0.717, 1.165) is 42.6 Å². The number of guanidine groups is 1. The molecule has 0 unspecified atom stereocenters. The maximum atomic E-state index is 6.16. The van der Waals surface area contributed by atoms with Crippen LogP contribution in [0.5, 0.6) is 5.75 Å². The molecule has 0 atom stereocenters. The van der Waals surface area contributed by atoms with Gasteiger partial charge >= 0.3 is 0 Å². The van der Waals surface area contributed by atoms with Crippen LogP contribution in [0.4, 0.5) is 5.13 Å². The molecule has 0 aliphatic carbocycles. The van der Waals surface area contributed by atoms with Crippen molar-refractivity contribution >= 4 is 46.4 Å². The molecule has 2 N–H and O–H groups in total. The number of aliphatic imine (C=N–C) groups is 1. The number of benzene rings is 1. The van der Waals surface area contributed by atoms with E-state index >= 15 is 0 Å². The van der Waals surface area contributed by atoms with Crippen LogP contribution in [0.25, 0.3) is 0 Å². The van der Waals surface area contributed by atoms with Gasteiger partial charge in [0.2, 0.25) is 0 Å². The van der Waals surface area contributed by atoms with Gasteiger partial charge in [0.15, 0.2) is 11.1 Å². The fourth-order valence-corrected chi connectivity index (χ4v) is 3.30. The number of hydrogen-bond donors (Lipinski definition) is 1. The van der Waals surface area contributed by atoms with E-state index < -0.39 is 0 Å². The van der Waals surface area contributed by atoms with Gasteiger partial charge in [0, 0.05) is 43.3 Å². The van der Waals surface area contributed by atoms with Crippen molar-refractivity contribution in [1.29, 1.82) is 0 Å². The monoisotopic (exact) mass is 459 g/mol. The molecule has 130 valence electrons. The number of hydrogen-bond acceptors (Lipinski definition) is 5. The lowest BCUT2D eigenvalue weighted by molar-refractivity contribution is 0.380. The van der Waals surface area contributed by atoms with Crippen molar-refractivity contribution in [2.45, 2.75) is 6.54 Å². The number of nitrogens with zero attached hydrogens (tertiary/aromatic N) is 4. The zero-order chi connectivity index (χ0) is 16.1. The molecule has 0 radical (unpaired) electrons. The highest BCUT2D eigenvalue weighted by molar-refractivity contribution is 14.0. The number of aromatic nitrogens is 1. The molecule has 1 saturated heterocycles. The lowest BCUT2D eigenvalue weighted by atomic mass is 10.2. The minimum absolute atomic E-state index is 0. The third-order valence-electron chi connectivity index (χ3n) is 3.90. The SMILES string of the molecule is COc1ccccc1CN=C(N)N1CCN(c2nccs2)CC1.I. The first-order valence-electron chi connectivity index (χ1n) is 7.59. The van der Waals surface area contributed by atoms with Gasteiger partial charge in [-0.15, -0.1) is 35.3 Å². The number of nitrogens with two attached hydrogens (primary N) is 1. The third kappa shape index (κ3) is 4.50. The number of ether oxygens (including phenoxy) is 1. The molecule has 1 aliphatic heterocycles. The van der Waals surface area contributed by atoms with Crippen molar-refractivity contribution in [3.05, 3.63) is 41.4 Å². The molecule has 1 aromatic carbocycles. The molecule has 0 spiro atoms. The van der Waals surface area contributed by atoms with Crippen molar-refractivity contribution in [2.75, 3.05) is 38.2 Å². The van der Waals surface area contributed by atoms with E-state index in [0.29, 0.717) is 12.5 Å². The Morgan fingerprint density at radius 3 is 2.71 bits per heavy atom. The smallest absolute Gasteiger partial charge is 0.191 e. The van der Waals surface area contributed by atoms with E-state index in [1.54, 1.807) is 18.4 Å². The summed E-state index contributed by atoms with van der Waals surface area (Å²) < 4.78 is 5.34. The second-order valence-corrected chi connectivity index (χ2v) is 6.15. The van der Waals surface area contributed by atoms with Gasteiger partial charge in [0.1, 0.15) is 5.75 Å². The van der Waals surface area contributed by atoms with Crippen LogP contribution in [0.2, 0.25) is 0 Å². The van der Waals surface area contributed by atoms with Gasteiger partial charge in [-0.1, -0.05) is 18.2 Å². The predicted octanol–water partition coefficient (Wildman–Crippen LogP) is 2.41. The Balaban J connectivity index is 0.00000208. The zero-order valence-corrected chi connectivity index (χ0v) is 16.7. The fourth-order valence-electron chi connectivity index (χ4n) is 2.60. The van der Waals surface area contributed by atoms with Gasteiger partial charge in [-0.05, 0) is 6.07 Å². The first-order chi connectivity index (χ1) is 11.3. The lowest BCUT2D eigenvalue weighted by Gasteiger charge is -2.35. The molecule has 24 heavy (non-hydrogen) atoms. The topological polar surface area (TPSA) is 67.0 Å². The lowest BCUT2D eigenvalue weighted by Crippen LogP contribution is -2.51. The minimum atomic E-state index is 0. The summed E-state index contributed by atoms with van der Waals surface area (Å²) in [6.07, 6.45) is 1.84. The van der Waals surface area contributed by atoms with Crippen LogP contribution in [0, 0.1) is 0 Å². The Hall–Kier alpha value is -1.55. The highest BCUT2D eigenvalue weighted by atomic mass is 127. The van der Waals surface area contributed by atoms with Crippen LogP contribution in [0.1, 0.15) is 5.56 Å². The Morgan fingerprint density at radius 2 is 2.04 bits per heavy atom. The van der Waals surface area contributed by atoms with Crippen LogP contribution in [-0.2, 0) is 6.54 Å². The molecule has 8 heteroatoms. The second-order valence-electron chi connectivity index (χ2n) is 5.28. The van der Waals surface area contributed by atoms with Crippen molar-refractivity contribution < 1.29 is 4.74 Å². The molecule has 2 aromatic rings. The van der Waals surface area contributed by atoms with Crippen LogP contribution >= 0.6 is 35.3 Å². The summed E-state index contributed by atoms with van der Waals surface area (Å²) in [6, 6.07) is 7.88. The number of para-hydroxylation sites is 1. The van der Waals surface area contributed by atoms with E-state index in [4.69, 9.17) is 10.5 Å². The summed E-state index contributed by atoms with van der Waals surface area (Å²) in [5, 5.41) is 3.08. The van der Waals surface area contributed by atoms with E-state index in [1.165, 1.54) is 0 Å². The Kier molecular flexibility index (Phi) is 7.10. The first-order valence-corrected chi connectivity index (χ1v) is 8.47. The molecular weight excluding hydrogens is 437 g/mol. The third-order valence-corrected chi connectivity index (χ3v) is 4.73. The Morgan fingerprint density at radius 1 is 1.29 bits per heavy atom. The molecule has 1 aromatic heterocycles. The molecule has 6 nitrogen and oxygen atoms in total. The number of piperazine rings is 1. The van der Waals surface area contributed by atoms with Gasteiger partial charge in [0.05, 0.1) is 13.7 Å². The van der Waals surface area contributed by atoms with Gasteiger partial charge in [-0.25, -0.2) is 9.98 Å². The summed E-state index contributed by atoms with van der Waals surface area (Å²) in [4.78, 5) is 13.3. The molecule has 0 amide bonds. The fraction of sp³-hybridized carbons (Fsp3) is 0.375. The average molecular weight is 459 g/mol. The maximum absolute atomic E-state index is 6.16. The zero-order valence-electron chi connectivity index (χ0n) is 13.6. The number of anilines is 1. The number of halogens is 1. The minimum Gasteiger partial charge on any atom is -0.496 e. The van der Waals surface area contributed by atoms with Gasteiger partial charge in [-0.3, -0.25) is 0 Å². The largest absolute Gasteiger partial charge is 0.496 e. The van der Waals surface area contributed by atoms with Crippen molar-refractivity contribution in [3.8, 4) is 5.75 Å². The van der Waals surface area contributed by atoms with Crippen LogP contribution < -0.4 is 15.4 Å². The van der Waals surface area contributed by atoms with Gasteiger partial charge < -0.3 is 20.3 Å². The number of rotatable bonds is 4. The predicted molar refractivity (Wildman–Crippen MR) is 110 cm³/mol. The van der Waals surface area contributed by atoms with Crippen LogP contribution in [-0.4, -0.2) is 49.1 Å². The van der Waals surface area contributed by atoms with E-state index in [9.17, 15) is 0 Å². The molecule has 0 saturated carbocycles. The van der Waals surface area contributed by atoms with Crippen molar-refractivity contribution in [2.24, 2.45) is 10.7 Å². The molecule has 1 aliphatic rings. The average Bonchev–Trinajstić information content (AvgIpc) is 3.14. The normalized spacial score (nSPS) is 15.1. The quantitative estimate of drug-likeness (QED) is 0.432. The van der Waals surface area contributed by atoms with E-state index in [1.807, 2.05) is 35.8 Å². The highest BCUT2D eigenvalue weighted by Gasteiger charge is 2.19. The van der Waals surface area contributed by atoms with Gasteiger partial charge in [-0.2, -0.15) is 0 Å². The Labute approximate surface area is 163 Å². The Bertz CT molecular complexity index is 656. The number of methoxy groups -OCH3 is 1. The molecule has 3 rings (SSSR count). The summed E-state index contributed by atoms with van der Waals surface area (Å²) in [6.45, 7) is 4.08. The van der Waals surface area contributed by atoms with Crippen LogP contribution in [0.15, 0.2) is 40.8 Å². The molecular formula is C16H22IN5OS. The second kappa shape index (κ2) is 9.07. The molecule has 1 fully saturated rings. The van der Waals surface area contributed by atoms with Gasteiger partial charge in [0.25, 0.3) is 0 Å². The van der Waals surface area contributed by atoms with Crippen molar-refractivity contribution in [3.63, 3.8) is 0 Å². The summed E-state index contributed by atoms with van der Waals surface area (Å²) >= 11 is 1.67. The highest BCUT2D eigenvalue weighted by Crippen LogP contribution is 2.20. The van der Waals surface area contributed by atoms with Crippen LogP contribution in [0.3, 0.4) is 0 Å². The number of thiazole rings is 1. The summed E-state index contributed by atoms with van der Waals surface area (Å²) in [5.41, 5.74) is 7.20.